The third kappa shape index (κ3) is 3.82. The first-order valence-corrected chi connectivity index (χ1v) is 8.44. The molecule has 2 amide bonds. The average molecular weight is 364 g/mol. The van der Waals surface area contributed by atoms with Crippen LogP contribution >= 0.6 is 11.6 Å². The third-order valence-corrected chi connectivity index (χ3v) is 4.01. The molecule has 0 spiro atoms. The van der Waals surface area contributed by atoms with Crippen molar-refractivity contribution < 1.29 is 9.18 Å². The summed E-state index contributed by atoms with van der Waals surface area (Å²) in [5.74, 6) is 0.550. The smallest absolute Gasteiger partial charge is 0.291 e. The molecule has 1 saturated heterocycles. The number of halogens is 2. The maximum atomic E-state index is 13.1. The molecule has 1 aromatic heterocycles. The van der Waals surface area contributed by atoms with Crippen molar-refractivity contribution in [2.75, 3.05) is 29.5 Å². The predicted octanol–water partition coefficient (Wildman–Crippen LogP) is 3.59. The van der Waals surface area contributed by atoms with Crippen LogP contribution in [-0.2, 0) is 0 Å². The summed E-state index contributed by atoms with van der Waals surface area (Å²) in [6.07, 6.45) is 1.57. The second kappa shape index (κ2) is 7.23. The summed E-state index contributed by atoms with van der Waals surface area (Å²) < 4.78 is 13.1. The molecule has 6 nitrogen and oxygen atoms in total. The topological polar surface area (TPSA) is 52.6 Å². The van der Waals surface area contributed by atoms with Crippen molar-refractivity contribution >= 4 is 29.1 Å². The molecule has 132 valence electrons. The van der Waals surface area contributed by atoms with Crippen molar-refractivity contribution in [1.29, 1.82) is 0 Å². The summed E-state index contributed by atoms with van der Waals surface area (Å²) >= 11 is 5.91. The molecule has 8 heteroatoms. The lowest BCUT2D eigenvalue weighted by Crippen LogP contribution is -2.47. The number of urea groups is 1. The Kier molecular flexibility index (Phi) is 5.03. The van der Waals surface area contributed by atoms with E-state index in [4.69, 9.17) is 11.6 Å². The number of carbonyl (C=O) groups excluding carboxylic acids is 1. The molecule has 0 radical (unpaired) electrons. The Bertz CT molecular complexity index is 755. The summed E-state index contributed by atoms with van der Waals surface area (Å²) in [5, 5.41) is 3.60. The molecule has 1 aliphatic rings. The van der Waals surface area contributed by atoms with Crippen molar-refractivity contribution in [3.8, 4) is 0 Å². The summed E-state index contributed by atoms with van der Waals surface area (Å²) in [6, 6.07) is 7.45. The molecule has 0 aliphatic carbocycles. The zero-order chi connectivity index (χ0) is 18.0. The number of anilines is 2. The molecule has 3 rings (SSSR count). The van der Waals surface area contributed by atoms with E-state index >= 15 is 0 Å². The van der Waals surface area contributed by atoms with Crippen LogP contribution in [0.4, 0.5) is 20.7 Å². The molecule has 2 heterocycles. The van der Waals surface area contributed by atoms with Gasteiger partial charge in [0.05, 0.1) is 6.54 Å². The Balaban J connectivity index is 1.87. The number of nitrogens with zero attached hydrogens (tertiary/aromatic N) is 5. The van der Waals surface area contributed by atoms with E-state index < -0.39 is 0 Å². The number of carbonyl (C=O) groups is 1. The number of rotatable bonds is 5. The SMILES string of the molecule is CC(C)CN(c1ccnc(Cl)n1)N1CCN(c2ccc(F)cc2)C1=O. The van der Waals surface area contributed by atoms with Gasteiger partial charge in [-0.2, -0.15) is 4.98 Å². The molecule has 0 unspecified atom stereocenters. The van der Waals surface area contributed by atoms with E-state index in [-0.39, 0.29) is 17.1 Å². The Morgan fingerprint density at radius 1 is 1.24 bits per heavy atom. The number of benzene rings is 1. The normalized spacial score (nSPS) is 14.5. The fraction of sp³-hybridized carbons (Fsp3) is 0.353. The molecular formula is C17H19ClFN5O. The van der Waals surface area contributed by atoms with E-state index in [1.165, 1.54) is 12.1 Å². The second-order valence-corrected chi connectivity index (χ2v) is 6.53. The predicted molar refractivity (Wildman–Crippen MR) is 95.1 cm³/mol. The van der Waals surface area contributed by atoms with Crippen LogP contribution in [0, 0.1) is 11.7 Å². The summed E-state index contributed by atoms with van der Waals surface area (Å²) in [5.41, 5.74) is 0.666. The number of hydrazine groups is 1. The van der Waals surface area contributed by atoms with Crippen LogP contribution in [0.25, 0.3) is 0 Å². The maximum Gasteiger partial charge on any atom is 0.343 e. The van der Waals surface area contributed by atoms with Gasteiger partial charge in [-0.15, -0.1) is 0 Å². The van der Waals surface area contributed by atoms with Gasteiger partial charge in [-0.1, -0.05) is 13.8 Å². The van der Waals surface area contributed by atoms with Crippen molar-refractivity contribution in [2.45, 2.75) is 13.8 Å². The molecular weight excluding hydrogens is 345 g/mol. The molecule has 0 saturated carbocycles. The van der Waals surface area contributed by atoms with Gasteiger partial charge in [-0.05, 0) is 41.8 Å². The van der Waals surface area contributed by atoms with Crippen LogP contribution in [-0.4, -0.2) is 40.6 Å². The lowest BCUT2D eigenvalue weighted by atomic mass is 10.2. The van der Waals surface area contributed by atoms with Gasteiger partial charge in [-0.25, -0.2) is 19.2 Å². The molecule has 1 fully saturated rings. The van der Waals surface area contributed by atoms with Crippen LogP contribution in [0.1, 0.15) is 13.8 Å². The van der Waals surface area contributed by atoms with Gasteiger partial charge in [0.15, 0.2) is 5.82 Å². The van der Waals surface area contributed by atoms with Gasteiger partial charge in [0.2, 0.25) is 5.28 Å². The van der Waals surface area contributed by atoms with Gasteiger partial charge in [0.25, 0.3) is 0 Å². The van der Waals surface area contributed by atoms with Gasteiger partial charge >= 0.3 is 6.03 Å². The second-order valence-electron chi connectivity index (χ2n) is 6.19. The highest BCUT2D eigenvalue weighted by Gasteiger charge is 2.34. The van der Waals surface area contributed by atoms with Gasteiger partial charge < -0.3 is 0 Å². The van der Waals surface area contributed by atoms with Crippen molar-refractivity contribution in [3.05, 3.63) is 47.6 Å². The molecule has 25 heavy (non-hydrogen) atoms. The Morgan fingerprint density at radius 2 is 1.96 bits per heavy atom. The van der Waals surface area contributed by atoms with Crippen LogP contribution < -0.4 is 9.91 Å². The highest BCUT2D eigenvalue weighted by atomic mass is 35.5. The monoisotopic (exact) mass is 363 g/mol. The summed E-state index contributed by atoms with van der Waals surface area (Å²) in [7, 11) is 0. The van der Waals surface area contributed by atoms with Gasteiger partial charge in [0, 0.05) is 31.0 Å². The fourth-order valence-electron chi connectivity index (χ4n) is 2.74. The zero-order valence-corrected chi connectivity index (χ0v) is 14.8. The molecule has 0 atom stereocenters. The van der Waals surface area contributed by atoms with Crippen LogP contribution in [0.15, 0.2) is 36.5 Å². The lowest BCUT2D eigenvalue weighted by molar-refractivity contribution is 0.213. The summed E-state index contributed by atoms with van der Waals surface area (Å²) in [4.78, 5) is 22.7. The van der Waals surface area contributed by atoms with Gasteiger partial charge in [-0.3, -0.25) is 9.91 Å². The van der Waals surface area contributed by atoms with E-state index in [0.29, 0.717) is 37.1 Å². The molecule has 0 N–H and O–H groups in total. The number of hydrogen-bond acceptors (Lipinski definition) is 4. The minimum Gasteiger partial charge on any atom is -0.291 e. The largest absolute Gasteiger partial charge is 0.343 e. The highest BCUT2D eigenvalue weighted by molar-refractivity contribution is 6.28. The maximum absolute atomic E-state index is 13.1. The molecule has 2 aromatic rings. The van der Waals surface area contributed by atoms with Crippen molar-refractivity contribution in [3.63, 3.8) is 0 Å². The number of amides is 2. The number of hydrogen-bond donors (Lipinski definition) is 0. The first-order chi connectivity index (χ1) is 12.0. The quantitative estimate of drug-likeness (QED) is 0.762. The number of aromatic nitrogens is 2. The van der Waals surface area contributed by atoms with Crippen molar-refractivity contribution in [2.24, 2.45) is 5.92 Å². The highest BCUT2D eigenvalue weighted by Crippen LogP contribution is 2.25. The average Bonchev–Trinajstić information content (AvgIpc) is 2.95. The Morgan fingerprint density at radius 3 is 2.60 bits per heavy atom. The first kappa shape index (κ1) is 17.4. The van der Waals surface area contributed by atoms with E-state index in [0.717, 1.165) is 0 Å². The van der Waals surface area contributed by atoms with E-state index in [1.807, 2.05) is 5.01 Å². The Labute approximate surface area is 150 Å². The minimum absolute atomic E-state index is 0.133. The summed E-state index contributed by atoms with van der Waals surface area (Å²) in [6.45, 7) is 5.75. The van der Waals surface area contributed by atoms with Crippen LogP contribution in [0.2, 0.25) is 5.28 Å². The van der Waals surface area contributed by atoms with Gasteiger partial charge in [0.1, 0.15) is 5.82 Å². The molecule has 0 bridgehead atoms. The third-order valence-electron chi connectivity index (χ3n) is 3.83. The zero-order valence-electron chi connectivity index (χ0n) is 14.1. The van der Waals surface area contributed by atoms with E-state index in [2.05, 4.69) is 23.8 Å². The van der Waals surface area contributed by atoms with Crippen molar-refractivity contribution in [1.82, 2.24) is 15.0 Å². The molecule has 1 aliphatic heterocycles. The van der Waals surface area contributed by atoms with Crippen LogP contribution in [0.5, 0.6) is 0 Å². The Hall–Kier alpha value is -2.41. The first-order valence-electron chi connectivity index (χ1n) is 8.06. The lowest BCUT2D eigenvalue weighted by Gasteiger charge is -2.33. The van der Waals surface area contributed by atoms with E-state index in [9.17, 15) is 9.18 Å². The van der Waals surface area contributed by atoms with Crippen LogP contribution in [0.3, 0.4) is 0 Å². The molecule has 1 aromatic carbocycles. The standard InChI is InChI=1S/C17H19ClFN5O/c1-12(2)11-24(15-7-8-20-16(18)21-15)23-10-9-22(17(23)25)14-5-3-13(19)4-6-14/h3-8,12H,9-11H2,1-2H3. The minimum atomic E-state index is -0.329. The fourth-order valence-corrected chi connectivity index (χ4v) is 2.88. The van der Waals surface area contributed by atoms with E-state index in [1.54, 1.807) is 34.3 Å².